The predicted molar refractivity (Wildman–Crippen MR) is 120 cm³/mol. The lowest BCUT2D eigenvalue weighted by molar-refractivity contribution is -0.137. The number of esters is 1. The summed E-state index contributed by atoms with van der Waals surface area (Å²) < 4.78 is 55.7. The lowest BCUT2D eigenvalue weighted by Crippen LogP contribution is -2.37. The Labute approximate surface area is 197 Å². The smallest absolute Gasteiger partial charge is 0.416 e. The molecule has 2 heterocycles. The molecule has 2 aromatic carbocycles. The summed E-state index contributed by atoms with van der Waals surface area (Å²) in [6.07, 6.45) is -6.01. The lowest BCUT2D eigenvalue weighted by atomic mass is 10.1. The summed E-state index contributed by atoms with van der Waals surface area (Å²) >= 11 is 0. The second-order valence-corrected chi connectivity index (χ2v) is 7.84. The normalized spacial score (nSPS) is 15.0. The molecule has 3 aromatic rings. The van der Waals surface area contributed by atoms with Crippen LogP contribution in [0.3, 0.4) is 0 Å². The molecule has 0 saturated carbocycles. The number of hydrogen-bond acceptors (Lipinski definition) is 7. The van der Waals surface area contributed by atoms with Crippen LogP contribution in [0, 0.1) is 0 Å². The Kier molecular flexibility index (Phi) is 6.79. The van der Waals surface area contributed by atoms with Crippen LogP contribution in [-0.4, -0.2) is 44.3 Å². The molecule has 11 heteroatoms. The van der Waals surface area contributed by atoms with E-state index in [1.54, 1.807) is 17.0 Å². The first-order valence-corrected chi connectivity index (χ1v) is 10.7. The number of amides is 1. The van der Waals surface area contributed by atoms with Gasteiger partial charge in [0.05, 0.1) is 35.5 Å². The van der Waals surface area contributed by atoms with Gasteiger partial charge in [-0.2, -0.15) is 13.2 Å². The Bertz CT molecular complexity index is 1310. The Hall–Kier alpha value is -3.86. The molecule has 0 spiro atoms. The SMILES string of the molecule is CC(OC(=O)c1cc(=O)c2ccccc2o1)C(=O)Nc1cc(C(F)(F)F)ccc1N1CCOCC1. The maximum atomic E-state index is 13.3. The Morgan fingerprint density at radius 3 is 2.51 bits per heavy atom. The first-order chi connectivity index (χ1) is 16.6. The van der Waals surface area contributed by atoms with E-state index < -0.39 is 40.9 Å². The number of para-hydroxylation sites is 1. The third kappa shape index (κ3) is 5.46. The summed E-state index contributed by atoms with van der Waals surface area (Å²) in [4.78, 5) is 39.3. The van der Waals surface area contributed by atoms with Crippen LogP contribution in [-0.2, 0) is 20.4 Å². The molecule has 8 nitrogen and oxygen atoms in total. The number of nitrogens with zero attached hydrogens (tertiary/aromatic N) is 1. The summed E-state index contributed by atoms with van der Waals surface area (Å²) in [5.74, 6) is -2.32. The lowest BCUT2D eigenvalue weighted by Gasteiger charge is -2.31. The van der Waals surface area contributed by atoms with Crippen LogP contribution in [0.2, 0.25) is 0 Å². The van der Waals surface area contributed by atoms with E-state index >= 15 is 0 Å². The molecule has 0 bridgehead atoms. The highest BCUT2D eigenvalue weighted by Crippen LogP contribution is 2.36. The Morgan fingerprint density at radius 1 is 1.09 bits per heavy atom. The van der Waals surface area contributed by atoms with E-state index in [2.05, 4.69) is 5.32 Å². The largest absolute Gasteiger partial charge is 0.449 e. The van der Waals surface area contributed by atoms with Crippen LogP contribution >= 0.6 is 0 Å². The molecule has 1 amide bonds. The molecule has 1 aliphatic heterocycles. The first-order valence-electron chi connectivity index (χ1n) is 10.7. The monoisotopic (exact) mass is 490 g/mol. The van der Waals surface area contributed by atoms with Crippen LogP contribution < -0.4 is 15.6 Å². The zero-order chi connectivity index (χ0) is 25.2. The van der Waals surface area contributed by atoms with Gasteiger partial charge in [-0.15, -0.1) is 0 Å². The van der Waals surface area contributed by atoms with E-state index in [-0.39, 0.29) is 16.7 Å². The van der Waals surface area contributed by atoms with Gasteiger partial charge in [-0.3, -0.25) is 9.59 Å². The maximum absolute atomic E-state index is 13.3. The second-order valence-electron chi connectivity index (χ2n) is 7.84. The van der Waals surface area contributed by atoms with Crippen molar-refractivity contribution in [3.05, 3.63) is 70.1 Å². The number of halogens is 3. The van der Waals surface area contributed by atoms with Crippen LogP contribution in [0.15, 0.2) is 57.7 Å². The maximum Gasteiger partial charge on any atom is 0.416 e. The molecule has 1 N–H and O–H groups in total. The van der Waals surface area contributed by atoms with Gasteiger partial charge in [-0.25, -0.2) is 4.79 Å². The number of nitrogens with one attached hydrogen (secondary N) is 1. The number of hydrogen-bond donors (Lipinski definition) is 1. The highest BCUT2D eigenvalue weighted by atomic mass is 19.4. The van der Waals surface area contributed by atoms with Crippen molar-refractivity contribution >= 4 is 34.2 Å². The predicted octanol–water partition coefficient (Wildman–Crippen LogP) is 3.83. The van der Waals surface area contributed by atoms with E-state index in [0.717, 1.165) is 18.2 Å². The highest BCUT2D eigenvalue weighted by Gasteiger charge is 2.32. The van der Waals surface area contributed by atoms with Gasteiger partial charge in [0.15, 0.2) is 11.5 Å². The minimum absolute atomic E-state index is 0.0770. The molecule has 35 heavy (non-hydrogen) atoms. The molecular formula is C24H21F3N2O6. The number of alkyl halides is 3. The number of fused-ring (bicyclic) bond motifs is 1. The molecule has 1 aromatic heterocycles. The first kappa shape index (κ1) is 24.3. The molecule has 1 saturated heterocycles. The average Bonchev–Trinajstić information content (AvgIpc) is 2.84. The van der Waals surface area contributed by atoms with Gasteiger partial charge in [0.2, 0.25) is 5.76 Å². The number of benzene rings is 2. The third-order valence-corrected chi connectivity index (χ3v) is 5.42. The van der Waals surface area contributed by atoms with Crippen molar-refractivity contribution in [1.29, 1.82) is 0 Å². The average molecular weight is 490 g/mol. The Balaban J connectivity index is 1.53. The van der Waals surface area contributed by atoms with E-state index in [1.165, 1.54) is 25.1 Å². The summed E-state index contributed by atoms with van der Waals surface area (Å²) in [7, 11) is 0. The van der Waals surface area contributed by atoms with Gasteiger partial charge < -0.3 is 24.1 Å². The number of rotatable bonds is 5. The van der Waals surface area contributed by atoms with Crippen LogP contribution in [0.4, 0.5) is 24.5 Å². The van der Waals surface area contributed by atoms with Gasteiger partial charge >= 0.3 is 12.1 Å². The number of anilines is 2. The molecule has 1 fully saturated rings. The molecule has 1 atom stereocenters. The molecular weight excluding hydrogens is 469 g/mol. The minimum atomic E-state index is -4.62. The number of carbonyl (C=O) groups is 2. The number of carbonyl (C=O) groups excluding carboxylic acids is 2. The zero-order valence-electron chi connectivity index (χ0n) is 18.6. The van der Waals surface area contributed by atoms with Gasteiger partial charge in [-0.05, 0) is 37.3 Å². The van der Waals surface area contributed by atoms with Gasteiger partial charge in [-0.1, -0.05) is 12.1 Å². The van der Waals surface area contributed by atoms with Crippen molar-refractivity contribution in [3.8, 4) is 0 Å². The van der Waals surface area contributed by atoms with Crippen molar-refractivity contribution in [2.75, 3.05) is 36.5 Å². The van der Waals surface area contributed by atoms with E-state index in [4.69, 9.17) is 13.9 Å². The van der Waals surface area contributed by atoms with Crippen molar-refractivity contribution in [2.24, 2.45) is 0 Å². The topological polar surface area (TPSA) is 98.1 Å². The Morgan fingerprint density at radius 2 is 1.80 bits per heavy atom. The minimum Gasteiger partial charge on any atom is -0.449 e. The number of ether oxygens (including phenoxy) is 2. The zero-order valence-corrected chi connectivity index (χ0v) is 18.6. The summed E-state index contributed by atoms with van der Waals surface area (Å²) in [5.41, 5.74) is -0.925. The second kappa shape index (κ2) is 9.79. The third-order valence-electron chi connectivity index (χ3n) is 5.42. The van der Waals surface area contributed by atoms with E-state index in [9.17, 15) is 27.6 Å². The summed E-state index contributed by atoms with van der Waals surface area (Å²) in [5, 5.41) is 2.70. The quantitative estimate of drug-likeness (QED) is 0.543. The van der Waals surface area contributed by atoms with Crippen molar-refractivity contribution in [1.82, 2.24) is 0 Å². The van der Waals surface area contributed by atoms with E-state index in [1.807, 2.05) is 0 Å². The van der Waals surface area contributed by atoms with Crippen LogP contribution in [0.25, 0.3) is 11.0 Å². The fourth-order valence-electron chi connectivity index (χ4n) is 3.60. The van der Waals surface area contributed by atoms with E-state index in [0.29, 0.717) is 32.0 Å². The number of morpholine rings is 1. The molecule has 0 aliphatic carbocycles. The van der Waals surface area contributed by atoms with Crippen molar-refractivity contribution in [2.45, 2.75) is 19.2 Å². The van der Waals surface area contributed by atoms with Crippen molar-refractivity contribution < 1.29 is 36.7 Å². The molecule has 4 rings (SSSR count). The molecule has 1 unspecified atom stereocenters. The van der Waals surface area contributed by atoms with Gasteiger partial charge in [0.25, 0.3) is 5.91 Å². The fraction of sp³-hybridized carbons (Fsp3) is 0.292. The highest BCUT2D eigenvalue weighted by molar-refractivity contribution is 5.99. The summed E-state index contributed by atoms with van der Waals surface area (Å²) in [6, 6.07) is 10.3. The van der Waals surface area contributed by atoms with Gasteiger partial charge in [0, 0.05) is 19.2 Å². The van der Waals surface area contributed by atoms with Gasteiger partial charge in [0.1, 0.15) is 5.58 Å². The van der Waals surface area contributed by atoms with Crippen molar-refractivity contribution in [3.63, 3.8) is 0 Å². The van der Waals surface area contributed by atoms with Crippen LogP contribution in [0.5, 0.6) is 0 Å². The molecule has 0 radical (unpaired) electrons. The standard InChI is InChI=1S/C24H21F3N2O6/c1-14(34-23(32)21-13-19(30)16-4-2-3-5-20(16)35-21)22(31)28-17-12-15(24(25,26)27)6-7-18(17)29-8-10-33-11-9-29/h2-7,12-14H,8-11H2,1H3,(H,28,31). The van der Waals surface area contributed by atoms with Crippen LogP contribution in [0.1, 0.15) is 23.0 Å². The molecule has 184 valence electrons. The fourth-order valence-corrected chi connectivity index (χ4v) is 3.60. The molecule has 1 aliphatic rings. The summed E-state index contributed by atoms with van der Waals surface area (Å²) in [6.45, 7) is 2.90.